The fourth-order valence-corrected chi connectivity index (χ4v) is 1.15. The lowest BCUT2D eigenvalue weighted by Gasteiger charge is -2.10. The Bertz CT molecular complexity index is 321. The summed E-state index contributed by atoms with van der Waals surface area (Å²) in [5.41, 5.74) is 1.74. The number of rotatable bonds is 2. The second kappa shape index (κ2) is 3.94. The Balaban J connectivity index is 3.07. The van der Waals surface area contributed by atoms with Crippen molar-refractivity contribution in [3.05, 3.63) is 23.8 Å². The van der Waals surface area contributed by atoms with Crippen molar-refractivity contribution in [3.63, 3.8) is 0 Å². The van der Waals surface area contributed by atoms with E-state index in [1.165, 1.54) is 6.92 Å². The van der Waals surface area contributed by atoms with E-state index in [1.807, 2.05) is 25.1 Å². The van der Waals surface area contributed by atoms with E-state index in [0.717, 1.165) is 11.3 Å². The molecule has 0 saturated carbocycles. The lowest BCUT2D eigenvalue weighted by atomic mass is 10.2. The molecule has 70 valence electrons. The van der Waals surface area contributed by atoms with Crippen LogP contribution in [0.25, 0.3) is 0 Å². The molecule has 3 nitrogen and oxygen atoms in total. The van der Waals surface area contributed by atoms with Gasteiger partial charge in [0.15, 0.2) is 0 Å². The van der Waals surface area contributed by atoms with E-state index in [2.05, 4.69) is 5.32 Å². The van der Waals surface area contributed by atoms with Crippen LogP contribution in [0, 0.1) is 6.92 Å². The van der Waals surface area contributed by atoms with Crippen molar-refractivity contribution >= 4 is 11.6 Å². The van der Waals surface area contributed by atoms with Crippen molar-refractivity contribution < 1.29 is 9.53 Å². The highest BCUT2D eigenvalue weighted by Crippen LogP contribution is 2.27. The summed E-state index contributed by atoms with van der Waals surface area (Å²) >= 11 is 0. The van der Waals surface area contributed by atoms with E-state index in [4.69, 9.17) is 4.74 Å². The molecule has 0 fully saturated rings. The van der Waals surface area contributed by atoms with Crippen molar-refractivity contribution in [2.75, 3.05) is 12.4 Å². The molecular formula is C10H13NO2. The number of nitrogens with one attached hydrogen (secondary N) is 1. The van der Waals surface area contributed by atoms with E-state index in [-0.39, 0.29) is 5.91 Å². The quantitative estimate of drug-likeness (QED) is 0.753. The summed E-state index contributed by atoms with van der Waals surface area (Å²) in [5, 5.41) is 2.73. The molecule has 0 spiro atoms. The predicted octanol–water partition coefficient (Wildman–Crippen LogP) is 1.96. The van der Waals surface area contributed by atoms with Gasteiger partial charge in [0.25, 0.3) is 0 Å². The molecular weight excluding hydrogens is 166 g/mol. The number of hydrogen-bond acceptors (Lipinski definition) is 2. The predicted molar refractivity (Wildman–Crippen MR) is 52.0 cm³/mol. The van der Waals surface area contributed by atoms with Gasteiger partial charge in [0.2, 0.25) is 5.91 Å². The summed E-state index contributed by atoms with van der Waals surface area (Å²) in [4.78, 5) is 10.9. The average molecular weight is 179 g/mol. The van der Waals surface area contributed by atoms with Crippen molar-refractivity contribution in [3.8, 4) is 5.75 Å². The van der Waals surface area contributed by atoms with Crippen LogP contribution in [0.2, 0.25) is 0 Å². The van der Waals surface area contributed by atoms with Gasteiger partial charge in [-0.05, 0) is 18.6 Å². The summed E-state index contributed by atoms with van der Waals surface area (Å²) in [7, 11) is 1.58. The lowest BCUT2D eigenvalue weighted by molar-refractivity contribution is -0.114. The number of para-hydroxylation sites is 1. The average Bonchev–Trinajstić information content (AvgIpc) is 2.08. The highest BCUT2D eigenvalue weighted by molar-refractivity contribution is 5.91. The first kappa shape index (κ1) is 9.58. The number of carbonyl (C=O) groups is 1. The third-order valence-corrected chi connectivity index (χ3v) is 1.76. The molecule has 1 amide bonds. The van der Waals surface area contributed by atoms with Gasteiger partial charge in [-0.15, -0.1) is 0 Å². The van der Waals surface area contributed by atoms with E-state index in [9.17, 15) is 4.79 Å². The van der Waals surface area contributed by atoms with Crippen molar-refractivity contribution in [1.82, 2.24) is 0 Å². The fourth-order valence-electron chi connectivity index (χ4n) is 1.15. The number of methoxy groups -OCH3 is 1. The number of carbonyl (C=O) groups excluding carboxylic acids is 1. The zero-order valence-electron chi connectivity index (χ0n) is 8.05. The normalized spacial score (nSPS) is 9.46. The van der Waals surface area contributed by atoms with E-state index >= 15 is 0 Å². The number of aryl methyl sites for hydroxylation is 1. The van der Waals surface area contributed by atoms with Crippen LogP contribution in [0.3, 0.4) is 0 Å². The smallest absolute Gasteiger partial charge is 0.221 e. The molecule has 0 radical (unpaired) electrons. The summed E-state index contributed by atoms with van der Waals surface area (Å²) in [6.07, 6.45) is 0. The van der Waals surface area contributed by atoms with Gasteiger partial charge in [-0.3, -0.25) is 4.79 Å². The molecule has 0 heterocycles. The Hall–Kier alpha value is -1.51. The third-order valence-electron chi connectivity index (χ3n) is 1.76. The SMILES string of the molecule is COc1cccc(C)c1NC(C)=O. The number of benzene rings is 1. The van der Waals surface area contributed by atoms with E-state index < -0.39 is 0 Å². The Morgan fingerprint density at radius 1 is 1.46 bits per heavy atom. The van der Waals surface area contributed by atoms with E-state index in [1.54, 1.807) is 7.11 Å². The first-order valence-electron chi connectivity index (χ1n) is 4.06. The molecule has 0 saturated heterocycles. The molecule has 13 heavy (non-hydrogen) atoms. The van der Waals surface area contributed by atoms with Gasteiger partial charge in [-0.25, -0.2) is 0 Å². The highest BCUT2D eigenvalue weighted by atomic mass is 16.5. The third kappa shape index (κ3) is 2.21. The molecule has 0 aliphatic heterocycles. The van der Waals surface area contributed by atoms with Crippen LogP contribution in [-0.2, 0) is 4.79 Å². The lowest BCUT2D eigenvalue weighted by Crippen LogP contribution is -2.08. The molecule has 3 heteroatoms. The number of hydrogen-bond donors (Lipinski definition) is 1. The molecule has 1 aromatic carbocycles. The second-order valence-electron chi connectivity index (χ2n) is 2.83. The fraction of sp³-hybridized carbons (Fsp3) is 0.300. The first-order chi connectivity index (χ1) is 6.15. The molecule has 0 aliphatic carbocycles. The number of ether oxygens (including phenoxy) is 1. The number of amides is 1. The van der Waals surface area contributed by atoms with E-state index in [0.29, 0.717) is 5.75 Å². The maximum atomic E-state index is 10.9. The van der Waals surface area contributed by atoms with Gasteiger partial charge in [-0.1, -0.05) is 12.1 Å². The van der Waals surface area contributed by atoms with Crippen molar-refractivity contribution in [1.29, 1.82) is 0 Å². The van der Waals surface area contributed by atoms with Gasteiger partial charge < -0.3 is 10.1 Å². The summed E-state index contributed by atoms with van der Waals surface area (Å²) in [6.45, 7) is 3.40. The van der Waals surface area contributed by atoms with Crippen LogP contribution in [-0.4, -0.2) is 13.0 Å². The maximum Gasteiger partial charge on any atom is 0.221 e. The molecule has 0 atom stereocenters. The van der Waals surface area contributed by atoms with Crippen LogP contribution in [0.5, 0.6) is 5.75 Å². The standard InChI is InChI=1S/C10H13NO2/c1-7-5-4-6-9(13-3)10(7)11-8(2)12/h4-6H,1-3H3,(H,11,12). The highest BCUT2D eigenvalue weighted by Gasteiger charge is 2.06. The van der Waals surface area contributed by atoms with Crippen LogP contribution < -0.4 is 10.1 Å². The zero-order valence-corrected chi connectivity index (χ0v) is 8.05. The molecule has 0 unspecified atom stereocenters. The van der Waals surface area contributed by atoms with Gasteiger partial charge in [0.1, 0.15) is 5.75 Å². The summed E-state index contributed by atoms with van der Waals surface area (Å²) in [6, 6.07) is 5.63. The zero-order chi connectivity index (χ0) is 9.84. The van der Waals surface area contributed by atoms with Crippen LogP contribution in [0.1, 0.15) is 12.5 Å². The Kier molecular flexibility index (Phi) is 2.90. The molecule has 1 aromatic rings. The van der Waals surface area contributed by atoms with Crippen molar-refractivity contribution in [2.24, 2.45) is 0 Å². The minimum Gasteiger partial charge on any atom is -0.495 e. The van der Waals surface area contributed by atoms with Gasteiger partial charge in [0.05, 0.1) is 12.8 Å². The van der Waals surface area contributed by atoms with Gasteiger partial charge >= 0.3 is 0 Å². The van der Waals surface area contributed by atoms with Crippen LogP contribution in [0.15, 0.2) is 18.2 Å². The summed E-state index contributed by atoms with van der Waals surface area (Å²) < 4.78 is 5.11. The number of anilines is 1. The minimum absolute atomic E-state index is 0.0902. The van der Waals surface area contributed by atoms with Crippen LogP contribution >= 0.6 is 0 Å². The second-order valence-corrected chi connectivity index (χ2v) is 2.83. The Labute approximate surface area is 77.7 Å². The largest absolute Gasteiger partial charge is 0.495 e. The van der Waals surface area contributed by atoms with Gasteiger partial charge in [0, 0.05) is 6.92 Å². The first-order valence-corrected chi connectivity index (χ1v) is 4.06. The van der Waals surface area contributed by atoms with Crippen molar-refractivity contribution in [2.45, 2.75) is 13.8 Å². The molecule has 1 rings (SSSR count). The minimum atomic E-state index is -0.0902. The Morgan fingerprint density at radius 3 is 2.69 bits per heavy atom. The molecule has 0 bridgehead atoms. The van der Waals surface area contributed by atoms with Crippen LogP contribution in [0.4, 0.5) is 5.69 Å². The summed E-state index contributed by atoms with van der Waals surface area (Å²) in [5.74, 6) is 0.600. The molecule has 0 aliphatic rings. The monoisotopic (exact) mass is 179 g/mol. The Morgan fingerprint density at radius 2 is 2.15 bits per heavy atom. The van der Waals surface area contributed by atoms with Gasteiger partial charge in [-0.2, -0.15) is 0 Å². The topological polar surface area (TPSA) is 38.3 Å². The molecule has 1 N–H and O–H groups in total. The molecule has 0 aromatic heterocycles. The maximum absolute atomic E-state index is 10.9.